The number of fused-ring (bicyclic) bond motifs is 3. The van der Waals surface area contributed by atoms with Gasteiger partial charge in [0.15, 0.2) is 0 Å². The molecule has 3 heterocycles. The average molecular weight is 491 g/mol. The summed E-state index contributed by atoms with van der Waals surface area (Å²) < 4.78 is 31.6. The van der Waals surface area contributed by atoms with Crippen molar-refractivity contribution in [3.63, 3.8) is 0 Å². The molecule has 35 heavy (non-hydrogen) atoms. The summed E-state index contributed by atoms with van der Waals surface area (Å²) in [5.41, 5.74) is 5.94. The van der Waals surface area contributed by atoms with Crippen LogP contribution in [-0.4, -0.2) is 50.7 Å². The zero-order chi connectivity index (χ0) is 25.2. The lowest BCUT2D eigenvalue weighted by atomic mass is 10.0. The van der Waals surface area contributed by atoms with Crippen molar-refractivity contribution >= 4 is 32.0 Å². The van der Waals surface area contributed by atoms with Gasteiger partial charge in [-0.15, -0.1) is 0 Å². The number of pyridine rings is 1. The van der Waals surface area contributed by atoms with Crippen LogP contribution in [0.25, 0.3) is 38.8 Å². The summed E-state index contributed by atoms with van der Waals surface area (Å²) in [6.45, 7) is 3.82. The van der Waals surface area contributed by atoms with Gasteiger partial charge in [-0.1, -0.05) is 18.2 Å². The van der Waals surface area contributed by atoms with Gasteiger partial charge in [-0.25, -0.2) is 17.5 Å². The van der Waals surface area contributed by atoms with E-state index in [1.807, 2.05) is 45.2 Å². The molecule has 2 aromatic carbocycles. The number of nitrogens with zero attached hydrogens (tertiary/aromatic N) is 6. The van der Waals surface area contributed by atoms with Crippen molar-refractivity contribution in [2.45, 2.75) is 18.7 Å². The minimum atomic E-state index is -3.57. The molecule has 0 aliphatic carbocycles. The van der Waals surface area contributed by atoms with Gasteiger partial charge in [0.25, 0.3) is 0 Å². The molecule has 3 aromatic heterocycles. The Morgan fingerprint density at radius 2 is 1.69 bits per heavy atom. The Kier molecular flexibility index (Phi) is 5.19. The first kappa shape index (κ1) is 23.0. The highest BCUT2D eigenvalue weighted by Crippen LogP contribution is 2.32. The van der Waals surface area contributed by atoms with Crippen LogP contribution in [0.5, 0.6) is 0 Å². The summed E-state index contributed by atoms with van der Waals surface area (Å²) in [5.74, 6) is 0. The molecular weight excluding hydrogens is 464 g/mol. The number of imidazole rings is 1. The lowest BCUT2D eigenvalue weighted by molar-refractivity contribution is 0.521. The number of aryl methyl sites for hydroxylation is 3. The molecule has 0 aliphatic rings. The van der Waals surface area contributed by atoms with E-state index < -0.39 is 10.0 Å². The Bertz CT molecular complexity index is 1810. The molecule has 0 atom stereocenters. The third-order valence-corrected chi connectivity index (χ3v) is 8.33. The average Bonchev–Trinajstić information content (AvgIpc) is 3.23. The van der Waals surface area contributed by atoms with E-state index >= 15 is 0 Å². The number of rotatable bonds is 4. The van der Waals surface area contributed by atoms with Crippen LogP contribution in [0.1, 0.15) is 11.4 Å². The quantitative estimate of drug-likeness (QED) is 0.386. The summed E-state index contributed by atoms with van der Waals surface area (Å²) in [5, 5.41) is 5.30. The second kappa shape index (κ2) is 7.89. The molecule has 0 unspecified atom stereocenters. The third kappa shape index (κ3) is 3.40. The molecule has 0 saturated heterocycles. The maximum atomic E-state index is 13.4. The van der Waals surface area contributed by atoms with Crippen molar-refractivity contribution in [2.75, 3.05) is 14.1 Å². The van der Waals surface area contributed by atoms with E-state index in [0.717, 1.165) is 44.6 Å². The summed E-state index contributed by atoms with van der Waals surface area (Å²) in [7, 11) is 3.04. The Labute approximate surface area is 202 Å². The minimum absolute atomic E-state index is 0.182. The van der Waals surface area contributed by atoms with Gasteiger partial charge >= 0.3 is 5.69 Å². The number of hydrogen-bond acceptors (Lipinski definition) is 5. The molecule has 0 amide bonds. The maximum absolute atomic E-state index is 13.4. The predicted octanol–water partition coefficient (Wildman–Crippen LogP) is 3.15. The fourth-order valence-corrected chi connectivity index (χ4v) is 5.47. The molecule has 0 radical (unpaired) electrons. The number of hydrogen-bond donors (Lipinski definition) is 0. The van der Waals surface area contributed by atoms with Gasteiger partial charge < -0.3 is 0 Å². The second-order valence-corrected chi connectivity index (χ2v) is 11.0. The lowest BCUT2D eigenvalue weighted by Gasteiger charge is -2.13. The Morgan fingerprint density at radius 1 is 0.971 bits per heavy atom. The van der Waals surface area contributed by atoms with E-state index in [9.17, 15) is 13.2 Å². The molecule has 180 valence electrons. The standard InChI is InChI=1S/C25H26N6O3S/c1-15-23(16(2)30(6)27-15)31-24-20-13-18(10-11-21(20)26-14-22(24)29(5)25(31)32)17-8-7-9-19(12-17)35(33,34)28(3)4/h7-14H,1-6H3. The number of aromatic nitrogens is 5. The van der Waals surface area contributed by atoms with E-state index in [0.29, 0.717) is 5.52 Å². The Balaban J connectivity index is 1.83. The van der Waals surface area contributed by atoms with Crippen molar-refractivity contribution in [2.24, 2.45) is 14.1 Å². The van der Waals surface area contributed by atoms with Gasteiger partial charge in [-0.05, 0) is 49.2 Å². The van der Waals surface area contributed by atoms with Crippen molar-refractivity contribution in [1.82, 2.24) is 28.2 Å². The first-order valence-corrected chi connectivity index (χ1v) is 12.5. The van der Waals surface area contributed by atoms with Gasteiger partial charge in [0.05, 0.1) is 44.7 Å². The van der Waals surface area contributed by atoms with Crippen LogP contribution >= 0.6 is 0 Å². The lowest BCUT2D eigenvalue weighted by Crippen LogP contribution is -2.22. The van der Waals surface area contributed by atoms with Crippen LogP contribution in [0.3, 0.4) is 0 Å². The summed E-state index contributed by atoms with van der Waals surface area (Å²) in [6.07, 6.45) is 1.71. The molecule has 0 N–H and O–H groups in total. The molecule has 0 saturated carbocycles. The maximum Gasteiger partial charge on any atom is 0.333 e. The first-order valence-electron chi connectivity index (χ1n) is 11.1. The van der Waals surface area contributed by atoms with Crippen molar-refractivity contribution in [3.8, 4) is 16.8 Å². The fraction of sp³-hybridized carbons (Fsp3) is 0.240. The SMILES string of the molecule is Cc1nn(C)c(C)c1-n1c(=O)n(C)c2cnc3ccc(-c4cccc(S(=O)(=O)N(C)C)c4)cc3c21. The smallest absolute Gasteiger partial charge is 0.293 e. The summed E-state index contributed by atoms with van der Waals surface area (Å²) in [4.78, 5) is 18.2. The van der Waals surface area contributed by atoms with E-state index in [-0.39, 0.29) is 10.6 Å². The highest BCUT2D eigenvalue weighted by molar-refractivity contribution is 7.89. The molecule has 0 spiro atoms. The van der Waals surface area contributed by atoms with Crippen molar-refractivity contribution in [1.29, 1.82) is 0 Å². The predicted molar refractivity (Wildman–Crippen MR) is 136 cm³/mol. The number of sulfonamides is 1. The molecule has 0 aliphatic heterocycles. The van der Waals surface area contributed by atoms with E-state index in [1.54, 1.807) is 45.3 Å². The van der Waals surface area contributed by atoms with Crippen LogP contribution in [-0.2, 0) is 24.1 Å². The minimum Gasteiger partial charge on any atom is -0.293 e. The van der Waals surface area contributed by atoms with Gasteiger partial charge in [-0.3, -0.25) is 18.8 Å². The van der Waals surface area contributed by atoms with Gasteiger partial charge in [-0.2, -0.15) is 5.10 Å². The summed E-state index contributed by atoms with van der Waals surface area (Å²) >= 11 is 0. The summed E-state index contributed by atoms with van der Waals surface area (Å²) in [6, 6.07) is 12.6. The molecule has 5 rings (SSSR count). The van der Waals surface area contributed by atoms with E-state index in [2.05, 4.69) is 10.1 Å². The Hall–Kier alpha value is -3.76. The van der Waals surface area contributed by atoms with Gasteiger partial charge in [0.2, 0.25) is 10.0 Å². The van der Waals surface area contributed by atoms with Crippen molar-refractivity contribution in [3.05, 3.63) is 70.5 Å². The highest BCUT2D eigenvalue weighted by Gasteiger charge is 2.22. The van der Waals surface area contributed by atoms with Crippen LogP contribution < -0.4 is 5.69 Å². The van der Waals surface area contributed by atoms with Crippen LogP contribution in [0, 0.1) is 13.8 Å². The monoisotopic (exact) mass is 490 g/mol. The molecule has 0 bridgehead atoms. The van der Waals surface area contributed by atoms with E-state index in [4.69, 9.17) is 0 Å². The fourth-order valence-electron chi connectivity index (χ4n) is 4.52. The molecule has 0 fully saturated rings. The van der Waals surface area contributed by atoms with Crippen LogP contribution in [0.15, 0.2) is 58.4 Å². The molecule has 5 aromatic rings. The van der Waals surface area contributed by atoms with Crippen LogP contribution in [0.2, 0.25) is 0 Å². The molecule has 9 nitrogen and oxygen atoms in total. The van der Waals surface area contributed by atoms with Crippen molar-refractivity contribution < 1.29 is 8.42 Å². The highest BCUT2D eigenvalue weighted by atomic mass is 32.2. The normalized spacial score (nSPS) is 12.3. The molecular formula is C25H26N6O3S. The largest absolute Gasteiger partial charge is 0.333 e. The first-order chi connectivity index (χ1) is 16.5. The second-order valence-electron chi connectivity index (χ2n) is 8.86. The van der Waals surface area contributed by atoms with Gasteiger partial charge in [0.1, 0.15) is 0 Å². The topological polar surface area (TPSA) is 95.0 Å². The third-order valence-electron chi connectivity index (χ3n) is 6.52. The zero-order valence-electron chi connectivity index (χ0n) is 20.4. The zero-order valence-corrected chi connectivity index (χ0v) is 21.3. The Morgan fingerprint density at radius 3 is 2.34 bits per heavy atom. The van der Waals surface area contributed by atoms with Crippen LogP contribution in [0.4, 0.5) is 0 Å². The number of benzene rings is 2. The molecule has 10 heteroatoms. The van der Waals surface area contributed by atoms with E-state index in [1.165, 1.54) is 18.4 Å². The van der Waals surface area contributed by atoms with Gasteiger partial charge in [0, 0.05) is 33.6 Å².